The normalized spacial score (nSPS) is 15.5. The van der Waals surface area contributed by atoms with E-state index in [2.05, 4.69) is 50.0 Å². The molecule has 0 saturated heterocycles. The highest BCUT2D eigenvalue weighted by atomic mass is 14.8. The third kappa shape index (κ3) is 7.47. The quantitative estimate of drug-likeness (QED) is 0.528. The molecule has 0 fully saturated rings. The predicted octanol–water partition coefficient (Wildman–Crippen LogP) is 5.67. The van der Waals surface area contributed by atoms with E-state index in [0.29, 0.717) is 17.9 Å². The van der Waals surface area contributed by atoms with Crippen LogP contribution in [0.3, 0.4) is 0 Å². The first-order valence-corrected chi connectivity index (χ1v) is 9.28. The summed E-state index contributed by atoms with van der Waals surface area (Å²) in [6.45, 7) is 7.73. The van der Waals surface area contributed by atoms with Crippen LogP contribution in [-0.4, -0.2) is 25.0 Å². The maximum absolute atomic E-state index is 4.73. The van der Waals surface area contributed by atoms with Crippen molar-refractivity contribution in [3.63, 3.8) is 0 Å². The van der Waals surface area contributed by atoms with Crippen molar-refractivity contribution in [3.05, 3.63) is 71.8 Å². The molecule has 2 heteroatoms. The molecule has 0 aromatic heterocycles. The Balaban J connectivity index is 1.71. The molecule has 0 aliphatic heterocycles. The first-order valence-electron chi connectivity index (χ1n) is 9.28. The predicted molar refractivity (Wildman–Crippen MR) is 110 cm³/mol. The summed E-state index contributed by atoms with van der Waals surface area (Å²) in [5.41, 5.74) is 2.34. The van der Waals surface area contributed by atoms with Crippen molar-refractivity contribution >= 4 is 12.4 Å². The molecule has 0 aliphatic rings. The molecule has 0 amide bonds. The molecule has 0 heterocycles. The standard InChI is InChI=1S/C23H30N2/c1-19(14-15-24-17-22-10-6-4-7-11-22)16-20(2)21(3)25-18-23-12-8-5-9-13-23/h4-13,17-21H,14-16H2,1-3H3. The lowest BCUT2D eigenvalue weighted by Crippen LogP contribution is -2.15. The second-order valence-corrected chi connectivity index (χ2v) is 6.98. The van der Waals surface area contributed by atoms with Crippen LogP contribution in [0.2, 0.25) is 0 Å². The molecular formula is C23H30N2. The van der Waals surface area contributed by atoms with Gasteiger partial charge in [-0.3, -0.25) is 9.98 Å². The van der Waals surface area contributed by atoms with Crippen LogP contribution >= 0.6 is 0 Å². The van der Waals surface area contributed by atoms with E-state index in [1.807, 2.05) is 48.8 Å². The van der Waals surface area contributed by atoms with Gasteiger partial charge in [0.15, 0.2) is 0 Å². The number of hydrogen-bond acceptors (Lipinski definition) is 2. The van der Waals surface area contributed by atoms with E-state index in [0.717, 1.165) is 13.0 Å². The molecular weight excluding hydrogens is 304 g/mol. The van der Waals surface area contributed by atoms with Crippen LogP contribution in [0.4, 0.5) is 0 Å². The summed E-state index contributed by atoms with van der Waals surface area (Å²) in [5.74, 6) is 1.24. The van der Waals surface area contributed by atoms with Gasteiger partial charge < -0.3 is 0 Å². The van der Waals surface area contributed by atoms with Gasteiger partial charge in [0.2, 0.25) is 0 Å². The van der Waals surface area contributed by atoms with E-state index in [-0.39, 0.29) is 0 Å². The van der Waals surface area contributed by atoms with Gasteiger partial charge in [-0.1, -0.05) is 74.5 Å². The molecule has 132 valence electrons. The third-order valence-corrected chi connectivity index (χ3v) is 4.65. The van der Waals surface area contributed by atoms with Crippen molar-refractivity contribution in [1.82, 2.24) is 0 Å². The van der Waals surface area contributed by atoms with Crippen LogP contribution in [0.1, 0.15) is 44.7 Å². The van der Waals surface area contributed by atoms with Gasteiger partial charge >= 0.3 is 0 Å². The van der Waals surface area contributed by atoms with E-state index in [1.165, 1.54) is 17.5 Å². The third-order valence-electron chi connectivity index (χ3n) is 4.65. The fourth-order valence-corrected chi connectivity index (χ4v) is 2.84. The Morgan fingerprint density at radius 3 is 1.96 bits per heavy atom. The summed E-state index contributed by atoms with van der Waals surface area (Å²) in [4.78, 5) is 9.28. The molecule has 0 saturated carbocycles. The molecule has 2 nitrogen and oxygen atoms in total. The summed E-state index contributed by atoms with van der Waals surface area (Å²) in [6, 6.07) is 20.9. The summed E-state index contributed by atoms with van der Waals surface area (Å²) in [5, 5.41) is 0. The van der Waals surface area contributed by atoms with Crippen molar-refractivity contribution in [2.75, 3.05) is 6.54 Å². The lowest BCUT2D eigenvalue weighted by molar-refractivity contribution is 0.362. The Labute approximate surface area is 152 Å². The zero-order valence-corrected chi connectivity index (χ0v) is 15.7. The van der Waals surface area contributed by atoms with Gasteiger partial charge in [0.1, 0.15) is 0 Å². The van der Waals surface area contributed by atoms with Gasteiger partial charge in [-0.2, -0.15) is 0 Å². The van der Waals surface area contributed by atoms with Crippen molar-refractivity contribution in [1.29, 1.82) is 0 Å². The molecule has 0 bridgehead atoms. The smallest absolute Gasteiger partial charge is 0.0497 e. The van der Waals surface area contributed by atoms with Crippen LogP contribution in [-0.2, 0) is 0 Å². The zero-order chi connectivity index (χ0) is 17.9. The van der Waals surface area contributed by atoms with Gasteiger partial charge in [0.05, 0.1) is 0 Å². The Morgan fingerprint density at radius 1 is 0.800 bits per heavy atom. The molecule has 25 heavy (non-hydrogen) atoms. The summed E-state index contributed by atoms with van der Waals surface area (Å²) in [7, 11) is 0. The van der Waals surface area contributed by atoms with Crippen LogP contribution in [0.25, 0.3) is 0 Å². The zero-order valence-electron chi connectivity index (χ0n) is 15.7. The fraction of sp³-hybridized carbons (Fsp3) is 0.391. The van der Waals surface area contributed by atoms with Gasteiger partial charge in [-0.05, 0) is 42.7 Å². The summed E-state index contributed by atoms with van der Waals surface area (Å²) >= 11 is 0. The van der Waals surface area contributed by atoms with E-state index in [4.69, 9.17) is 4.99 Å². The van der Waals surface area contributed by atoms with Gasteiger partial charge in [-0.25, -0.2) is 0 Å². The fourth-order valence-electron chi connectivity index (χ4n) is 2.84. The minimum absolute atomic E-state index is 0.343. The minimum Gasteiger partial charge on any atom is -0.293 e. The SMILES string of the molecule is CC(CCN=Cc1ccccc1)CC(C)C(C)N=Cc1ccccc1. The van der Waals surface area contributed by atoms with Crippen LogP contribution < -0.4 is 0 Å². The Hall–Kier alpha value is -2.22. The van der Waals surface area contributed by atoms with Crippen molar-refractivity contribution < 1.29 is 0 Å². The maximum Gasteiger partial charge on any atom is 0.0497 e. The first-order chi connectivity index (χ1) is 12.1. The first kappa shape index (κ1) is 19.1. The van der Waals surface area contributed by atoms with Crippen molar-refractivity contribution in [2.24, 2.45) is 21.8 Å². The minimum atomic E-state index is 0.343. The molecule has 2 aromatic rings. The summed E-state index contributed by atoms with van der Waals surface area (Å²) in [6.07, 6.45) is 6.29. The van der Waals surface area contributed by atoms with Crippen LogP contribution in [0.5, 0.6) is 0 Å². The number of benzene rings is 2. The highest BCUT2D eigenvalue weighted by molar-refractivity contribution is 5.79. The Kier molecular flexibility index (Phi) is 8.11. The average molecular weight is 335 g/mol. The Bertz CT molecular complexity index is 646. The molecule has 2 aromatic carbocycles. The van der Waals surface area contributed by atoms with E-state index < -0.39 is 0 Å². The lowest BCUT2D eigenvalue weighted by atomic mass is 9.90. The molecule has 3 atom stereocenters. The highest BCUT2D eigenvalue weighted by Crippen LogP contribution is 2.20. The van der Waals surface area contributed by atoms with Gasteiger partial charge in [0, 0.05) is 25.0 Å². The van der Waals surface area contributed by atoms with Crippen molar-refractivity contribution in [3.8, 4) is 0 Å². The molecule has 0 aliphatic carbocycles. The number of aliphatic imine (C=N–C) groups is 2. The maximum atomic E-state index is 4.73. The van der Waals surface area contributed by atoms with Gasteiger partial charge in [-0.15, -0.1) is 0 Å². The topological polar surface area (TPSA) is 24.7 Å². The van der Waals surface area contributed by atoms with Gasteiger partial charge in [0.25, 0.3) is 0 Å². The highest BCUT2D eigenvalue weighted by Gasteiger charge is 2.14. The summed E-state index contributed by atoms with van der Waals surface area (Å²) < 4.78 is 0. The number of hydrogen-bond donors (Lipinski definition) is 0. The molecule has 3 unspecified atom stereocenters. The lowest BCUT2D eigenvalue weighted by Gasteiger charge is -2.20. The van der Waals surface area contributed by atoms with Crippen LogP contribution in [0.15, 0.2) is 70.6 Å². The molecule has 0 N–H and O–H groups in total. The second-order valence-electron chi connectivity index (χ2n) is 6.98. The van der Waals surface area contributed by atoms with Crippen molar-refractivity contribution in [2.45, 2.75) is 39.7 Å². The largest absolute Gasteiger partial charge is 0.293 e. The Morgan fingerprint density at radius 2 is 1.36 bits per heavy atom. The number of rotatable bonds is 9. The molecule has 2 rings (SSSR count). The molecule has 0 radical (unpaired) electrons. The molecule has 0 spiro atoms. The van der Waals surface area contributed by atoms with E-state index in [1.54, 1.807) is 0 Å². The van der Waals surface area contributed by atoms with E-state index >= 15 is 0 Å². The van der Waals surface area contributed by atoms with E-state index in [9.17, 15) is 0 Å². The second kappa shape index (κ2) is 10.6. The average Bonchev–Trinajstić information content (AvgIpc) is 2.65. The monoisotopic (exact) mass is 334 g/mol. The number of nitrogens with zero attached hydrogens (tertiary/aromatic N) is 2. The van der Waals surface area contributed by atoms with Crippen LogP contribution in [0, 0.1) is 11.8 Å².